The van der Waals surface area contributed by atoms with Crippen LogP contribution < -0.4 is 5.01 Å². The summed E-state index contributed by atoms with van der Waals surface area (Å²) >= 11 is 7.89. The molecular weight excluding hydrogens is 456 g/mol. The van der Waals surface area contributed by atoms with Crippen LogP contribution in [0.3, 0.4) is 0 Å². The van der Waals surface area contributed by atoms with Crippen LogP contribution in [0.1, 0.15) is 34.3 Å². The number of aliphatic imine (C=N–C) groups is 1. The number of benzene rings is 1. The van der Waals surface area contributed by atoms with E-state index in [0.717, 1.165) is 33.2 Å². The summed E-state index contributed by atoms with van der Waals surface area (Å²) in [5.41, 5.74) is 5.07. The molecule has 33 heavy (non-hydrogen) atoms. The maximum Gasteiger partial charge on any atom is 0.253 e. The largest absolute Gasteiger partial charge is 0.497 e. The van der Waals surface area contributed by atoms with Crippen LogP contribution in [0.5, 0.6) is 0 Å². The lowest BCUT2D eigenvalue weighted by molar-refractivity contribution is 0.301. The Bertz CT molecular complexity index is 1300. The van der Waals surface area contributed by atoms with Crippen LogP contribution in [-0.4, -0.2) is 40.8 Å². The fraction of sp³-hybridized carbons (Fsp3) is 0.250. The number of nitrogens with zero attached hydrogens (tertiary/aromatic N) is 6. The minimum Gasteiger partial charge on any atom is -0.497 e. The van der Waals surface area contributed by atoms with Crippen molar-refractivity contribution in [3.05, 3.63) is 80.3 Å². The first-order valence-corrected chi connectivity index (χ1v) is 11.6. The second-order valence-corrected chi connectivity index (χ2v) is 9.35. The fourth-order valence-corrected chi connectivity index (χ4v) is 5.07. The summed E-state index contributed by atoms with van der Waals surface area (Å²) in [6.07, 6.45) is 3.38. The molecule has 0 aliphatic carbocycles. The minimum atomic E-state index is 0.451. The van der Waals surface area contributed by atoms with E-state index in [-0.39, 0.29) is 0 Å². The molecule has 170 valence electrons. The van der Waals surface area contributed by atoms with Gasteiger partial charge in [-0.25, -0.2) is 5.01 Å². The molecule has 0 saturated heterocycles. The van der Waals surface area contributed by atoms with E-state index in [4.69, 9.17) is 21.4 Å². The smallest absolute Gasteiger partial charge is 0.253 e. The normalized spacial score (nSPS) is 13.9. The number of hydrogen-bond acceptors (Lipinski definition) is 7. The molecule has 1 aliphatic rings. The Hall–Kier alpha value is -3.23. The summed E-state index contributed by atoms with van der Waals surface area (Å²) in [5, 5.41) is 17.6. The highest BCUT2D eigenvalue weighted by Crippen LogP contribution is 2.38. The van der Waals surface area contributed by atoms with Gasteiger partial charge in [-0.15, -0.1) is 21.5 Å². The van der Waals surface area contributed by atoms with E-state index >= 15 is 0 Å². The van der Waals surface area contributed by atoms with Crippen molar-refractivity contribution in [2.24, 2.45) is 10.1 Å². The van der Waals surface area contributed by atoms with Gasteiger partial charge in [0.1, 0.15) is 22.3 Å². The van der Waals surface area contributed by atoms with Crippen LogP contribution >= 0.6 is 22.9 Å². The third-order valence-corrected chi connectivity index (χ3v) is 6.99. The summed E-state index contributed by atoms with van der Waals surface area (Å²) in [6.45, 7) is 12.2. The number of allylic oxidation sites excluding steroid dienone is 1. The number of hydrazone groups is 1. The second kappa shape index (κ2) is 9.33. The van der Waals surface area contributed by atoms with E-state index in [0.29, 0.717) is 23.3 Å². The third kappa shape index (κ3) is 4.24. The zero-order valence-corrected chi connectivity index (χ0v) is 20.8. The Morgan fingerprint density at radius 3 is 2.61 bits per heavy atom. The second-order valence-electron chi connectivity index (χ2n) is 7.71. The van der Waals surface area contributed by atoms with Crippen molar-refractivity contribution >= 4 is 41.3 Å². The number of hydrogen-bond donors (Lipinski definition) is 0. The van der Waals surface area contributed by atoms with Crippen LogP contribution in [0.2, 0.25) is 5.02 Å². The van der Waals surface area contributed by atoms with E-state index in [1.807, 2.05) is 43.1 Å². The first-order chi connectivity index (χ1) is 15.8. The highest BCUT2D eigenvalue weighted by atomic mass is 35.5. The van der Waals surface area contributed by atoms with Crippen LogP contribution in [0.25, 0.3) is 5.00 Å². The lowest BCUT2D eigenvalue weighted by atomic mass is 10.00. The van der Waals surface area contributed by atoms with Gasteiger partial charge in [-0.2, -0.15) is 5.10 Å². The molecule has 3 aromatic rings. The van der Waals surface area contributed by atoms with Gasteiger partial charge in [-0.05, 0) is 63.8 Å². The molecule has 0 atom stereocenters. The zero-order valence-electron chi connectivity index (χ0n) is 19.3. The predicted molar refractivity (Wildman–Crippen MR) is 136 cm³/mol. The SMILES string of the molecule is C=N/C=C\C(OC)=C(/C)CN1N=C(c2ccc(Cl)cc2)c2c(sc(C)c2C)-n2c(C)nnc21. The summed E-state index contributed by atoms with van der Waals surface area (Å²) in [6, 6.07) is 7.76. The molecule has 1 aliphatic heterocycles. The van der Waals surface area contributed by atoms with Gasteiger partial charge >= 0.3 is 0 Å². The highest BCUT2D eigenvalue weighted by molar-refractivity contribution is 7.15. The molecule has 0 spiro atoms. The molecule has 1 aromatic carbocycles. The van der Waals surface area contributed by atoms with E-state index in [1.54, 1.807) is 30.7 Å². The van der Waals surface area contributed by atoms with Crippen molar-refractivity contribution in [3.63, 3.8) is 0 Å². The van der Waals surface area contributed by atoms with Crippen molar-refractivity contribution in [3.8, 4) is 5.00 Å². The molecule has 0 unspecified atom stereocenters. The standard InChI is InChI=1S/C24H25ClN6OS/c1-14(20(32-6)11-12-26-5)13-30-24-28-27-17(4)31(24)23-21(15(2)16(3)33-23)22(29-30)18-7-9-19(25)10-8-18/h7-12H,5,13H2,1-4,6H3/b12-11-,20-14-. The first kappa shape index (κ1) is 22.9. The number of halogens is 1. The van der Waals surface area contributed by atoms with Crippen LogP contribution in [0, 0.1) is 20.8 Å². The number of methoxy groups -OCH3 is 1. The number of ether oxygens (including phenoxy) is 1. The van der Waals surface area contributed by atoms with Gasteiger partial charge in [0.2, 0.25) is 0 Å². The lowest BCUT2D eigenvalue weighted by Gasteiger charge is -2.19. The highest BCUT2D eigenvalue weighted by Gasteiger charge is 2.30. The monoisotopic (exact) mass is 480 g/mol. The van der Waals surface area contributed by atoms with E-state index < -0.39 is 0 Å². The number of fused-ring (bicyclic) bond motifs is 3. The zero-order chi connectivity index (χ0) is 23.7. The van der Waals surface area contributed by atoms with Crippen molar-refractivity contribution in [2.75, 3.05) is 18.7 Å². The molecule has 0 bridgehead atoms. The first-order valence-electron chi connectivity index (χ1n) is 10.4. The van der Waals surface area contributed by atoms with Gasteiger partial charge in [0.05, 0.1) is 13.7 Å². The molecule has 3 heterocycles. The van der Waals surface area contributed by atoms with Gasteiger partial charge < -0.3 is 4.74 Å². The molecule has 0 fully saturated rings. The van der Waals surface area contributed by atoms with E-state index in [1.165, 1.54) is 10.4 Å². The van der Waals surface area contributed by atoms with Crippen LogP contribution in [0.4, 0.5) is 5.95 Å². The summed E-state index contributed by atoms with van der Waals surface area (Å²) in [4.78, 5) is 5.01. The Morgan fingerprint density at radius 2 is 1.94 bits per heavy atom. The lowest BCUT2D eigenvalue weighted by Crippen LogP contribution is -2.23. The van der Waals surface area contributed by atoms with E-state index in [2.05, 4.69) is 40.3 Å². The Labute approximate surface area is 202 Å². The summed E-state index contributed by atoms with van der Waals surface area (Å²) in [5.74, 6) is 2.15. The van der Waals surface area contributed by atoms with E-state index in [9.17, 15) is 0 Å². The fourth-order valence-electron chi connectivity index (χ4n) is 3.74. The molecule has 9 heteroatoms. The quantitative estimate of drug-likeness (QED) is 0.261. The average molecular weight is 481 g/mol. The minimum absolute atomic E-state index is 0.451. The number of anilines is 1. The van der Waals surface area contributed by atoms with Crippen molar-refractivity contribution < 1.29 is 4.74 Å². The maximum absolute atomic E-state index is 6.18. The van der Waals surface area contributed by atoms with Crippen molar-refractivity contribution in [2.45, 2.75) is 27.7 Å². The third-order valence-electron chi connectivity index (χ3n) is 5.54. The van der Waals surface area contributed by atoms with Gasteiger partial charge in [0.15, 0.2) is 0 Å². The topological polar surface area (TPSA) is 67.9 Å². The molecule has 0 N–H and O–H groups in total. The number of aromatic nitrogens is 3. The molecule has 2 aromatic heterocycles. The van der Waals surface area contributed by atoms with Crippen LogP contribution in [-0.2, 0) is 4.74 Å². The number of thiophene rings is 1. The molecule has 0 saturated carbocycles. The maximum atomic E-state index is 6.18. The molecule has 7 nitrogen and oxygen atoms in total. The number of aryl methyl sites for hydroxylation is 2. The Morgan fingerprint density at radius 1 is 1.21 bits per heavy atom. The van der Waals surface area contributed by atoms with Gasteiger partial charge in [0, 0.05) is 27.2 Å². The average Bonchev–Trinajstić information content (AvgIpc) is 3.27. The molecular formula is C24H25ClN6OS. The Kier molecular flexibility index (Phi) is 6.49. The van der Waals surface area contributed by atoms with Gasteiger partial charge in [-0.3, -0.25) is 9.56 Å². The Balaban J connectivity index is 1.95. The molecule has 0 amide bonds. The molecule has 0 radical (unpaired) electrons. The van der Waals surface area contributed by atoms with Gasteiger partial charge in [-0.1, -0.05) is 23.7 Å². The molecule has 4 rings (SSSR count). The summed E-state index contributed by atoms with van der Waals surface area (Å²) in [7, 11) is 1.63. The van der Waals surface area contributed by atoms with Crippen molar-refractivity contribution in [1.29, 1.82) is 0 Å². The number of rotatable bonds is 6. The predicted octanol–water partition coefficient (Wildman–Crippen LogP) is 5.61. The summed E-state index contributed by atoms with van der Waals surface area (Å²) < 4.78 is 7.64. The van der Waals surface area contributed by atoms with Crippen molar-refractivity contribution in [1.82, 2.24) is 14.8 Å². The van der Waals surface area contributed by atoms with Crippen LogP contribution in [0.15, 0.2) is 58.0 Å². The van der Waals surface area contributed by atoms with Gasteiger partial charge in [0.25, 0.3) is 5.95 Å².